The molecule has 94 valence electrons. The van der Waals surface area contributed by atoms with Gasteiger partial charge in [-0.05, 0) is 24.1 Å². The van der Waals surface area contributed by atoms with Crippen molar-refractivity contribution in [2.24, 2.45) is 0 Å². The number of hydrogen-bond donors (Lipinski definition) is 2. The van der Waals surface area contributed by atoms with Crippen LogP contribution in [0.3, 0.4) is 0 Å². The molecule has 0 unspecified atom stereocenters. The van der Waals surface area contributed by atoms with Crippen molar-refractivity contribution in [1.82, 2.24) is 4.72 Å². The minimum Gasteiger partial charge on any atom is -0.481 e. The molecule has 0 radical (unpaired) electrons. The van der Waals surface area contributed by atoms with Crippen molar-refractivity contribution in [1.29, 1.82) is 0 Å². The summed E-state index contributed by atoms with van der Waals surface area (Å²) in [4.78, 5) is 10.6. The molecule has 5 nitrogen and oxygen atoms in total. The van der Waals surface area contributed by atoms with E-state index in [0.29, 0.717) is 18.5 Å². The van der Waals surface area contributed by atoms with Gasteiger partial charge in [-0.3, -0.25) is 4.79 Å². The Morgan fingerprint density at radius 3 is 2.71 bits per heavy atom. The lowest BCUT2D eigenvalue weighted by molar-refractivity contribution is -0.136. The van der Waals surface area contributed by atoms with Crippen LogP contribution < -0.4 is 4.72 Å². The van der Waals surface area contributed by atoms with E-state index in [1.165, 1.54) is 12.1 Å². The molecular weight excluding hydrogens is 242 g/mol. The molecule has 1 aromatic carbocycles. The van der Waals surface area contributed by atoms with Crippen LogP contribution in [0.15, 0.2) is 29.2 Å². The molecule has 0 aliphatic rings. The Hall–Kier alpha value is -1.40. The number of rotatable bonds is 6. The third-order valence-electron chi connectivity index (χ3n) is 2.17. The molecule has 0 atom stereocenters. The lowest BCUT2D eigenvalue weighted by Crippen LogP contribution is -2.23. The van der Waals surface area contributed by atoms with E-state index in [2.05, 4.69) is 4.72 Å². The molecule has 1 rings (SSSR count). The molecule has 17 heavy (non-hydrogen) atoms. The maximum Gasteiger partial charge on any atom is 0.303 e. The summed E-state index contributed by atoms with van der Waals surface area (Å²) in [6.45, 7) is 2.02. The predicted molar refractivity (Wildman–Crippen MR) is 63.3 cm³/mol. The zero-order chi connectivity index (χ0) is 12.9. The maximum atomic E-state index is 11.7. The van der Waals surface area contributed by atoms with E-state index in [-0.39, 0.29) is 11.3 Å². The van der Waals surface area contributed by atoms with Gasteiger partial charge in [-0.1, -0.05) is 19.1 Å². The molecule has 2 N–H and O–H groups in total. The van der Waals surface area contributed by atoms with Gasteiger partial charge in [0, 0.05) is 13.0 Å². The van der Waals surface area contributed by atoms with Gasteiger partial charge in [0.15, 0.2) is 0 Å². The highest BCUT2D eigenvalue weighted by Gasteiger charge is 2.12. The normalized spacial score (nSPS) is 11.4. The number of hydrogen-bond acceptors (Lipinski definition) is 3. The van der Waals surface area contributed by atoms with Crippen LogP contribution in [-0.2, 0) is 21.2 Å². The second kappa shape index (κ2) is 5.79. The van der Waals surface area contributed by atoms with E-state index in [1.54, 1.807) is 19.1 Å². The van der Waals surface area contributed by atoms with E-state index in [0.717, 1.165) is 0 Å². The van der Waals surface area contributed by atoms with E-state index in [1.807, 2.05) is 0 Å². The van der Waals surface area contributed by atoms with Gasteiger partial charge in [-0.15, -0.1) is 0 Å². The fourth-order valence-electron chi connectivity index (χ4n) is 1.39. The fourth-order valence-corrected chi connectivity index (χ4v) is 2.50. The topological polar surface area (TPSA) is 83.5 Å². The van der Waals surface area contributed by atoms with Crippen LogP contribution in [0.4, 0.5) is 0 Å². The van der Waals surface area contributed by atoms with Gasteiger partial charge in [0.25, 0.3) is 0 Å². The van der Waals surface area contributed by atoms with E-state index < -0.39 is 16.0 Å². The van der Waals surface area contributed by atoms with Crippen LogP contribution in [-0.4, -0.2) is 26.0 Å². The average Bonchev–Trinajstić information content (AvgIpc) is 2.27. The molecular formula is C11H15NO4S. The second-order valence-corrected chi connectivity index (χ2v) is 5.31. The smallest absolute Gasteiger partial charge is 0.303 e. The summed E-state index contributed by atoms with van der Waals surface area (Å²) in [5, 5.41) is 8.56. The van der Waals surface area contributed by atoms with Crippen LogP contribution >= 0.6 is 0 Å². The summed E-state index contributed by atoms with van der Waals surface area (Å²) in [6, 6.07) is 6.32. The molecule has 0 spiro atoms. The summed E-state index contributed by atoms with van der Waals surface area (Å²) in [7, 11) is -3.47. The van der Waals surface area contributed by atoms with Crippen molar-refractivity contribution in [2.45, 2.75) is 24.7 Å². The van der Waals surface area contributed by atoms with Crippen molar-refractivity contribution in [3.05, 3.63) is 29.8 Å². The van der Waals surface area contributed by atoms with Crippen LogP contribution in [0.5, 0.6) is 0 Å². The molecule has 1 aromatic rings. The van der Waals surface area contributed by atoms with Gasteiger partial charge >= 0.3 is 5.97 Å². The third kappa shape index (κ3) is 4.16. The Bertz CT molecular complexity index is 496. The Kier molecular flexibility index (Phi) is 4.65. The van der Waals surface area contributed by atoms with Crippen LogP contribution in [0.25, 0.3) is 0 Å². The molecule has 0 amide bonds. The quantitative estimate of drug-likeness (QED) is 0.796. The standard InChI is InChI=1S/C11H15NO4S/c1-2-12-17(15,16)10-5-3-4-9(8-10)6-7-11(13)14/h3-5,8,12H,2,6-7H2,1H3,(H,13,14). The Morgan fingerprint density at radius 1 is 1.41 bits per heavy atom. The third-order valence-corrected chi connectivity index (χ3v) is 3.71. The van der Waals surface area contributed by atoms with Gasteiger partial charge in [0.2, 0.25) is 10.0 Å². The number of carboxylic acid groups (broad SMARTS) is 1. The monoisotopic (exact) mass is 257 g/mol. The highest BCUT2D eigenvalue weighted by atomic mass is 32.2. The van der Waals surface area contributed by atoms with E-state index in [4.69, 9.17) is 5.11 Å². The minimum absolute atomic E-state index is 0.00922. The number of aryl methyl sites for hydroxylation is 1. The Balaban J connectivity index is 2.89. The zero-order valence-electron chi connectivity index (χ0n) is 9.51. The first kappa shape index (κ1) is 13.7. The Labute approximate surface area is 101 Å². The van der Waals surface area contributed by atoms with Crippen molar-refractivity contribution < 1.29 is 18.3 Å². The Morgan fingerprint density at radius 2 is 2.12 bits per heavy atom. The van der Waals surface area contributed by atoms with Gasteiger partial charge in [-0.2, -0.15) is 0 Å². The van der Waals surface area contributed by atoms with E-state index in [9.17, 15) is 13.2 Å². The average molecular weight is 257 g/mol. The van der Waals surface area contributed by atoms with Gasteiger partial charge in [0.1, 0.15) is 0 Å². The van der Waals surface area contributed by atoms with Crippen LogP contribution in [0.1, 0.15) is 18.9 Å². The number of aliphatic carboxylic acids is 1. The maximum absolute atomic E-state index is 11.7. The molecule has 0 fully saturated rings. The van der Waals surface area contributed by atoms with Crippen molar-refractivity contribution >= 4 is 16.0 Å². The highest BCUT2D eigenvalue weighted by Crippen LogP contribution is 2.12. The van der Waals surface area contributed by atoms with Crippen LogP contribution in [0.2, 0.25) is 0 Å². The van der Waals surface area contributed by atoms with Crippen LogP contribution in [0, 0.1) is 0 Å². The number of sulfonamides is 1. The molecule has 0 aliphatic carbocycles. The fraction of sp³-hybridized carbons (Fsp3) is 0.364. The molecule has 0 saturated heterocycles. The first-order valence-corrected chi connectivity index (χ1v) is 6.74. The first-order valence-electron chi connectivity index (χ1n) is 5.26. The van der Waals surface area contributed by atoms with Gasteiger partial charge < -0.3 is 5.11 Å². The number of benzene rings is 1. The minimum atomic E-state index is -3.47. The summed E-state index contributed by atoms with van der Waals surface area (Å²) in [5.74, 6) is -0.898. The summed E-state index contributed by atoms with van der Waals surface area (Å²) < 4.78 is 25.8. The second-order valence-electron chi connectivity index (χ2n) is 3.54. The molecule has 0 saturated carbocycles. The van der Waals surface area contributed by atoms with Crippen molar-refractivity contribution in [3.8, 4) is 0 Å². The highest BCUT2D eigenvalue weighted by molar-refractivity contribution is 7.89. The first-order chi connectivity index (χ1) is 7.95. The summed E-state index contributed by atoms with van der Waals surface area (Å²) >= 11 is 0. The van der Waals surface area contributed by atoms with Gasteiger partial charge in [-0.25, -0.2) is 13.1 Å². The van der Waals surface area contributed by atoms with Crippen molar-refractivity contribution in [3.63, 3.8) is 0 Å². The van der Waals surface area contributed by atoms with Gasteiger partial charge in [0.05, 0.1) is 4.90 Å². The SMILES string of the molecule is CCNS(=O)(=O)c1cccc(CCC(=O)O)c1. The predicted octanol–water partition coefficient (Wildman–Crippen LogP) is 1.00. The van der Waals surface area contributed by atoms with E-state index >= 15 is 0 Å². The lowest BCUT2D eigenvalue weighted by Gasteiger charge is -2.06. The molecule has 0 bridgehead atoms. The molecule has 0 aliphatic heterocycles. The summed E-state index contributed by atoms with van der Waals surface area (Å²) in [6.07, 6.45) is 0.315. The molecule has 0 heterocycles. The summed E-state index contributed by atoms with van der Waals surface area (Å²) in [5.41, 5.74) is 0.700. The number of carbonyl (C=O) groups is 1. The number of carboxylic acids is 1. The molecule has 0 aromatic heterocycles. The zero-order valence-corrected chi connectivity index (χ0v) is 10.3. The number of nitrogens with one attached hydrogen (secondary N) is 1. The van der Waals surface area contributed by atoms with Crippen molar-refractivity contribution in [2.75, 3.05) is 6.54 Å². The largest absolute Gasteiger partial charge is 0.481 e. The molecule has 6 heteroatoms. The lowest BCUT2D eigenvalue weighted by atomic mass is 10.1.